The van der Waals surface area contributed by atoms with Gasteiger partial charge in [-0.1, -0.05) is 6.07 Å². The minimum absolute atomic E-state index is 0.113. The van der Waals surface area contributed by atoms with Gasteiger partial charge in [0.05, 0.1) is 25.4 Å². The summed E-state index contributed by atoms with van der Waals surface area (Å²) in [4.78, 5) is 15.6. The highest BCUT2D eigenvalue weighted by Crippen LogP contribution is 2.27. The van der Waals surface area contributed by atoms with E-state index in [2.05, 4.69) is 6.07 Å². The zero-order chi connectivity index (χ0) is 23.4. The van der Waals surface area contributed by atoms with E-state index in [0.29, 0.717) is 58.8 Å². The number of hydrogen-bond donors (Lipinski definition) is 2. The standard InChI is InChI=1S/C24H38N2O6/c1-5-31-22(27)26-8-6-23(28,7-9-26)14-25-10-11-30-16-24(29,15-25)17-32-21-13-18(2)12-19(3)20(21)4/h12-13,28-29H,5-11,14-17H2,1-4H3. The molecule has 8 nitrogen and oxygen atoms in total. The lowest BCUT2D eigenvalue weighted by Crippen LogP contribution is -2.55. The maximum absolute atomic E-state index is 11.9. The molecule has 0 aliphatic carbocycles. The van der Waals surface area contributed by atoms with Gasteiger partial charge >= 0.3 is 6.09 Å². The van der Waals surface area contributed by atoms with E-state index in [1.165, 1.54) is 0 Å². The van der Waals surface area contributed by atoms with E-state index in [4.69, 9.17) is 14.2 Å². The predicted octanol–water partition coefficient (Wildman–Crippen LogP) is 2.04. The second-order valence-corrected chi connectivity index (χ2v) is 9.39. The molecule has 3 rings (SSSR count). The molecule has 8 heteroatoms. The number of benzene rings is 1. The molecule has 2 aliphatic heterocycles. The van der Waals surface area contributed by atoms with Crippen molar-refractivity contribution in [1.29, 1.82) is 0 Å². The van der Waals surface area contributed by atoms with Crippen molar-refractivity contribution in [2.24, 2.45) is 0 Å². The molecule has 1 aromatic carbocycles. The summed E-state index contributed by atoms with van der Waals surface area (Å²) in [5.41, 5.74) is 1.24. The van der Waals surface area contributed by atoms with Crippen LogP contribution in [0.25, 0.3) is 0 Å². The number of piperidine rings is 1. The molecule has 1 unspecified atom stereocenters. The molecule has 0 bridgehead atoms. The molecule has 2 N–H and O–H groups in total. The molecular formula is C24H38N2O6. The van der Waals surface area contributed by atoms with Crippen molar-refractivity contribution in [3.8, 4) is 5.75 Å². The highest BCUT2D eigenvalue weighted by atomic mass is 16.6. The van der Waals surface area contributed by atoms with E-state index in [1.54, 1.807) is 11.8 Å². The summed E-state index contributed by atoms with van der Waals surface area (Å²) in [5.74, 6) is 0.775. The average Bonchev–Trinajstić information content (AvgIpc) is 2.91. The lowest BCUT2D eigenvalue weighted by atomic mass is 9.90. The number of carbonyl (C=O) groups is 1. The zero-order valence-corrected chi connectivity index (χ0v) is 19.9. The third kappa shape index (κ3) is 6.34. The normalized spacial score (nSPS) is 24.1. The lowest BCUT2D eigenvalue weighted by Gasteiger charge is -2.41. The van der Waals surface area contributed by atoms with Crippen LogP contribution >= 0.6 is 0 Å². The molecule has 2 aliphatic rings. The van der Waals surface area contributed by atoms with Crippen LogP contribution in [-0.4, -0.2) is 96.5 Å². The van der Waals surface area contributed by atoms with E-state index < -0.39 is 11.2 Å². The number of ether oxygens (including phenoxy) is 3. The second-order valence-electron chi connectivity index (χ2n) is 9.39. The van der Waals surface area contributed by atoms with Gasteiger partial charge in [0.2, 0.25) is 0 Å². The number of amides is 1. The second kappa shape index (κ2) is 10.4. The van der Waals surface area contributed by atoms with Crippen LogP contribution < -0.4 is 4.74 Å². The fourth-order valence-corrected chi connectivity index (χ4v) is 4.48. The van der Waals surface area contributed by atoms with Gasteiger partial charge in [0.1, 0.15) is 18.0 Å². The minimum atomic E-state index is -1.18. The Bertz CT molecular complexity index is 793. The number of aryl methyl sites for hydroxylation is 2. The zero-order valence-electron chi connectivity index (χ0n) is 19.9. The van der Waals surface area contributed by atoms with Crippen LogP contribution in [0.15, 0.2) is 12.1 Å². The van der Waals surface area contributed by atoms with Crippen molar-refractivity contribution in [3.63, 3.8) is 0 Å². The van der Waals surface area contributed by atoms with Gasteiger partial charge < -0.3 is 29.3 Å². The average molecular weight is 451 g/mol. The van der Waals surface area contributed by atoms with Crippen molar-refractivity contribution >= 4 is 6.09 Å². The quantitative estimate of drug-likeness (QED) is 0.685. The maximum Gasteiger partial charge on any atom is 0.409 e. The summed E-state index contributed by atoms with van der Waals surface area (Å²) in [5, 5.41) is 22.4. The van der Waals surface area contributed by atoms with E-state index in [0.717, 1.165) is 22.4 Å². The summed E-state index contributed by atoms with van der Waals surface area (Å²) in [6, 6.07) is 4.10. The summed E-state index contributed by atoms with van der Waals surface area (Å²) >= 11 is 0. The summed E-state index contributed by atoms with van der Waals surface area (Å²) in [6.45, 7) is 11.3. The molecule has 1 amide bonds. The molecule has 0 radical (unpaired) electrons. The summed E-state index contributed by atoms with van der Waals surface area (Å²) in [6.07, 6.45) is 0.616. The Labute approximate surface area is 191 Å². The molecular weight excluding hydrogens is 412 g/mol. The molecule has 0 aromatic heterocycles. The van der Waals surface area contributed by atoms with Crippen molar-refractivity contribution in [2.45, 2.75) is 51.7 Å². The monoisotopic (exact) mass is 450 g/mol. The van der Waals surface area contributed by atoms with E-state index in [-0.39, 0.29) is 19.3 Å². The van der Waals surface area contributed by atoms with Gasteiger partial charge in [0, 0.05) is 32.7 Å². The molecule has 2 fully saturated rings. The Morgan fingerprint density at radius 1 is 1.12 bits per heavy atom. The Morgan fingerprint density at radius 2 is 1.84 bits per heavy atom. The third-order valence-corrected chi connectivity index (χ3v) is 6.44. The summed E-state index contributed by atoms with van der Waals surface area (Å²) < 4.78 is 16.8. The number of nitrogens with zero attached hydrogens (tertiary/aromatic N) is 2. The first kappa shape index (κ1) is 24.8. The number of rotatable bonds is 6. The fourth-order valence-electron chi connectivity index (χ4n) is 4.48. The fraction of sp³-hybridized carbons (Fsp3) is 0.708. The van der Waals surface area contributed by atoms with Crippen LogP contribution in [0.2, 0.25) is 0 Å². The largest absolute Gasteiger partial charge is 0.490 e. The Hall–Kier alpha value is -1.87. The Kier molecular flexibility index (Phi) is 8.03. The smallest absolute Gasteiger partial charge is 0.409 e. The molecule has 0 saturated carbocycles. The maximum atomic E-state index is 11.9. The van der Waals surface area contributed by atoms with Crippen LogP contribution in [-0.2, 0) is 9.47 Å². The van der Waals surface area contributed by atoms with Gasteiger partial charge in [0.15, 0.2) is 0 Å². The first-order valence-electron chi connectivity index (χ1n) is 11.5. The topological polar surface area (TPSA) is 91.7 Å². The molecule has 32 heavy (non-hydrogen) atoms. The van der Waals surface area contributed by atoms with Gasteiger partial charge in [-0.3, -0.25) is 4.90 Å². The Balaban J connectivity index is 1.59. The van der Waals surface area contributed by atoms with Crippen LogP contribution in [0, 0.1) is 20.8 Å². The van der Waals surface area contributed by atoms with Crippen LogP contribution in [0.4, 0.5) is 4.79 Å². The SMILES string of the molecule is CCOC(=O)N1CCC(O)(CN2CCOCC(O)(COc3cc(C)cc(C)c3C)C2)CC1. The lowest BCUT2D eigenvalue weighted by molar-refractivity contribution is -0.0791. The van der Waals surface area contributed by atoms with Crippen LogP contribution in [0.5, 0.6) is 5.75 Å². The molecule has 2 saturated heterocycles. The molecule has 2 heterocycles. The number of likely N-dealkylation sites (tertiary alicyclic amines) is 1. The first-order valence-corrected chi connectivity index (χ1v) is 11.5. The first-order chi connectivity index (χ1) is 15.1. The van der Waals surface area contributed by atoms with Crippen molar-refractivity contribution in [3.05, 3.63) is 28.8 Å². The number of β-amino-alcohol motifs (C(OH)–C–C–N with tert-alkyl or cyclic N) is 2. The predicted molar refractivity (Wildman–Crippen MR) is 121 cm³/mol. The summed E-state index contributed by atoms with van der Waals surface area (Å²) in [7, 11) is 0. The highest BCUT2D eigenvalue weighted by Gasteiger charge is 2.40. The van der Waals surface area contributed by atoms with E-state index >= 15 is 0 Å². The number of carbonyl (C=O) groups excluding carboxylic acids is 1. The van der Waals surface area contributed by atoms with Gasteiger partial charge in [-0.05, 0) is 63.3 Å². The van der Waals surface area contributed by atoms with E-state index in [9.17, 15) is 15.0 Å². The highest BCUT2D eigenvalue weighted by molar-refractivity contribution is 5.67. The van der Waals surface area contributed by atoms with Gasteiger partial charge in [-0.2, -0.15) is 0 Å². The van der Waals surface area contributed by atoms with Crippen LogP contribution in [0.1, 0.15) is 36.5 Å². The third-order valence-electron chi connectivity index (χ3n) is 6.44. The molecule has 1 aromatic rings. The van der Waals surface area contributed by atoms with Crippen LogP contribution in [0.3, 0.4) is 0 Å². The van der Waals surface area contributed by atoms with E-state index in [1.807, 2.05) is 31.7 Å². The van der Waals surface area contributed by atoms with Crippen molar-refractivity contribution in [2.75, 3.05) is 59.2 Å². The Morgan fingerprint density at radius 3 is 2.53 bits per heavy atom. The van der Waals surface area contributed by atoms with Crippen molar-refractivity contribution < 1.29 is 29.2 Å². The van der Waals surface area contributed by atoms with Crippen molar-refractivity contribution in [1.82, 2.24) is 9.80 Å². The minimum Gasteiger partial charge on any atom is -0.490 e. The van der Waals surface area contributed by atoms with Gasteiger partial charge in [0.25, 0.3) is 0 Å². The molecule has 0 spiro atoms. The number of aliphatic hydroxyl groups is 2. The molecule has 1 atom stereocenters. The molecule has 180 valence electrons. The van der Waals surface area contributed by atoms with Gasteiger partial charge in [-0.25, -0.2) is 4.79 Å². The van der Waals surface area contributed by atoms with Gasteiger partial charge in [-0.15, -0.1) is 0 Å². The number of hydrogen-bond acceptors (Lipinski definition) is 7.